The van der Waals surface area contributed by atoms with Crippen LogP contribution in [-0.2, 0) is 24.2 Å². The van der Waals surface area contributed by atoms with Gasteiger partial charge in [-0.3, -0.25) is 4.79 Å². The molecule has 0 spiro atoms. The number of benzene rings is 1. The molecule has 1 aliphatic rings. The molecule has 4 nitrogen and oxygen atoms in total. The zero-order valence-electron chi connectivity index (χ0n) is 15.6. The van der Waals surface area contributed by atoms with E-state index in [1.54, 1.807) is 17.7 Å². The average Bonchev–Trinajstić information content (AvgIpc) is 3.07. The molecule has 1 N–H and O–H groups in total. The fourth-order valence-electron chi connectivity index (χ4n) is 3.41. The molecule has 27 heavy (non-hydrogen) atoms. The highest BCUT2D eigenvalue weighted by Crippen LogP contribution is 2.40. The highest BCUT2D eigenvalue weighted by Gasteiger charge is 2.22. The standard InChI is InChI=1S/C21H23N3OS2/c1-13-7-9-15(10-8-13)11-22-19(25)14(2)26-20-18-16-5-3-4-6-17(16)27-21(18)24-12-23-20/h7-10,12,14H,3-6,11H2,1-2H3,(H,22,25)/t14-/m1/s1. The molecule has 1 aliphatic carbocycles. The minimum Gasteiger partial charge on any atom is -0.351 e. The fraction of sp³-hybridized carbons (Fsp3) is 0.381. The Labute approximate surface area is 167 Å². The van der Waals surface area contributed by atoms with E-state index in [9.17, 15) is 4.79 Å². The van der Waals surface area contributed by atoms with Gasteiger partial charge in [-0.05, 0) is 50.7 Å². The van der Waals surface area contributed by atoms with Gasteiger partial charge in [-0.15, -0.1) is 11.3 Å². The highest BCUT2D eigenvalue weighted by atomic mass is 32.2. The van der Waals surface area contributed by atoms with E-state index in [-0.39, 0.29) is 11.2 Å². The maximum atomic E-state index is 12.6. The average molecular weight is 398 g/mol. The number of aromatic nitrogens is 2. The second kappa shape index (κ2) is 7.98. The van der Waals surface area contributed by atoms with Crippen molar-refractivity contribution < 1.29 is 4.79 Å². The quantitative estimate of drug-likeness (QED) is 0.502. The van der Waals surface area contributed by atoms with Crippen LogP contribution in [0.2, 0.25) is 0 Å². The number of hydrogen-bond donors (Lipinski definition) is 1. The molecular weight excluding hydrogens is 374 g/mol. The maximum Gasteiger partial charge on any atom is 0.233 e. The second-order valence-electron chi connectivity index (χ2n) is 7.03. The van der Waals surface area contributed by atoms with Gasteiger partial charge in [0.15, 0.2) is 0 Å². The van der Waals surface area contributed by atoms with Crippen LogP contribution in [0, 0.1) is 6.92 Å². The lowest BCUT2D eigenvalue weighted by Gasteiger charge is -2.14. The van der Waals surface area contributed by atoms with Gasteiger partial charge in [-0.1, -0.05) is 41.6 Å². The predicted molar refractivity (Wildman–Crippen MR) is 112 cm³/mol. The summed E-state index contributed by atoms with van der Waals surface area (Å²) in [6, 6.07) is 8.24. The van der Waals surface area contributed by atoms with Crippen LogP contribution in [0.15, 0.2) is 35.6 Å². The molecule has 4 rings (SSSR count). The zero-order valence-corrected chi connectivity index (χ0v) is 17.3. The Balaban J connectivity index is 1.47. The Kier molecular flexibility index (Phi) is 5.45. The Morgan fingerprint density at radius 2 is 2.00 bits per heavy atom. The first-order valence-corrected chi connectivity index (χ1v) is 11.1. The maximum absolute atomic E-state index is 12.6. The molecule has 2 heterocycles. The summed E-state index contributed by atoms with van der Waals surface area (Å²) in [6.45, 7) is 4.56. The molecule has 0 bridgehead atoms. The van der Waals surface area contributed by atoms with Crippen molar-refractivity contribution in [2.24, 2.45) is 0 Å². The van der Waals surface area contributed by atoms with Gasteiger partial charge in [0.25, 0.3) is 0 Å². The third-order valence-corrected chi connectivity index (χ3v) is 7.26. The number of fused-ring (bicyclic) bond motifs is 3. The third-order valence-electron chi connectivity index (χ3n) is 4.96. The van der Waals surface area contributed by atoms with Crippen LogP contribution in [-0.4, -0.2) is 21.1 Å². The van der Waals surface area contributed by atoms with Gasteiger partial charge in [0, 0.05) is 16.8 Å². The number of nitrogens with zero attached hydrogens (tertiary/aromatic N) is 2. The number of rotatable bonds is 5. The van der Waals surface area contributed by atoms with Crippen LogP contribution in [0.3, 0.4) is 0 Å². The van der Waals surface area contributed by atoms with Gasteiger partial charge in [0.2, 0.25) is 5.91 Å². The summed E-state index contributed by atoms with van der Waals surface area (Å²) in [5.41, 5.74) is 3.75. The molecule has 6 heteroatoms. The van der Waals surface area contributed by atoms with E-state index in [1.165, 1.54) is 46.0 Å². The molecule has 1 atom stereocenters. The second-order valence-corrected chi connectivity index (χ2v) is 9.45. The lowest BCUT2D eigenvalue weighted by molar-refractivity contribution is -0.120. The van der Waals surface area contributed by atoms with Crippen LogP contribution >= 0.6 is 23.1 Å². The predicted octanol–water partition coefficient (Wildman–Crippen LogP) is 4.68. The SMILES string of the molecule is Cc1ccc(CNC(=O)[C@@H](C)Sc2ncnc3sc4c(c23)CCCC4)cc1. The van der Waals surface area contributed by atoms with Crippen LogP contribution in [0.4, 0.5) is 0 Å². The number of hydrogen-bond acceptors (Lipinski definition) is 5. The molecule has 0 fully saturated rings. The molecular formula is C21H23N3OS2. The molecule has 0 saturated heterocycles. The smallest absolute Gasteiger partial charge is 0.233 e. The summed E-state index contributed by atoms with van der Waals surface area (Å²) < 4.78 is 0. The number of thioether (sulfide) groups is 1. The van der Waals surface area contributed by atoms with Gasteiger partial charge in [0.1, 0.15) is 16.2 Å². The molecule has 2 aromatic heterocycles. The van der Waals surface area contributed by atoms with E-state index < -0.39 is 0 Å². The van der Waals surface area contributed by atoms with Gasteiger partial charge in [0.05, 0.1) is 5.25 Å². The van der Waals surface area contributed by atoms with E-state index >= 15 is 0 Å². The van der Waals surface area contributed by atoms with Gasteiger partial charge in [-0.2, -0.15) is 0 Å². The Morgan fingerprint density at radius 1 is 1.22 bits per heavy atom. The Bertz CT molecular complexity index is 965. The largest absolute Gasteiger partial charge is 0.351 e. The highest BCUT2D eigenvalue weighted by molar-refractivity contribution is 8.00. The number of carbonyl (C=O) groups is 1. The lowest BCUT2D eigenvalue weighted by atomic mass is 9.97. The number of carbonyl (C=O) groups excluding carboxylic acids is 1. The Morgan fingerprint density at radius 3 is 2.81 bits per heavy atom. The van der Waals surface area contributed by atoms with E-state index in [0.717, 1.165) is 28.3 Å². The van der Waals surface area contributed by atoms with Crippen LogP contribution in [0.5, 0.6) is 0 Å². The fourth-order valence-corrected chi connectivity index (χ4v) is 5.67. The monoisotopic (exact) mass is 397 g/mol. The van der Waals surface area contributed by atoms with Crippen LogP contribution < -0.4 is 5.32 Å². The minimum absolute atomic E-state index is 0.0384. The van der Waals surface area contributed by atoms with E-state index in [2.05, 4.69) is 46.5 Å². The molecule has 3 aromatic rings. The number of nitrogens with one attached hydrogen (secondary N) is 1. The van der Waals surface area contributed by atoms with Gasteiger partial charge in [-0.25, -0.2) is 9.97 Å². The molecule has 140 valence electrons. The molecule has 0 saturated carbocycles. The lowest BCUT2D eigenvalue weighted by Crippen LogP contribution is -2.30. The molecule has 1 amide bonds. The topological polar surface area (TPSA) is 54.9 Å². The molecule has 1 aromatic carbocycles. The van der Waals surface area contributed by atoms with Crippen molar-refractivity contribution in [1.82, 2.24) is 15.3 Å². The molecule has 0 unspecified atom stereocenters. The molecule has 0 aliphatic heterocycles. The summed E-state index contributed by atoms with van der Waals surface area (Å²) in [5.74, 6) is 0.0384. The third kappa shape index (κ3) is 4.01. The van der Waals surface area contributed by atoms with Crippen molar-refractivity contribution in [3.63, 3.8) is 0 Å². The van der Waals surface area contributed by atoms with Crippen molar-refractivity contribution >= 4 is 39.2 Å². The van der Waals surface area contributed by atoms with Crippen molar-refractivity contribution in [3.05, 3.63) is 52.2 Å². The summed E-state index contributed by atoms with van der Waals surface area (Å²) >= 11 is 3.33. The Hall–Kier alpha value is -1.92. The number of thiophene rings is 1. The van der Waals surface area contributed by atoms with Crippen molar-refractivity contribution in [1.29, 1.82) is 0 Å². The number of aryl methyl sites for hydroxylation is 3. The van der Waals surface area contributed by atoms with Crippen LogP contribution in [0.25, 0.3) is 10.2 Å². The summed E-state index contributed by atoms with van der Waals surface area (Å²) in [6.07, 6.45) is 6.36. The number of amides is 1. The zero-order chi connectivity index (χ0) is 18.8. The van der Waals surface area contributed by atoms with Crippen molar-refractivity contribution in [3.8, 4) is 0 Å². The summed E-state index contributed by atoms with van der Waals surface area (Å²) in [4.78, 5) is 24.1. The first kappa shape index (κ1) is 18.4. The summed E-state index contributed by atoms with van der Waals surface area (Å²) in [5, 5.41) is 4.96. The minimum atomic E-state index is -0.201. The normalized spacial score (nSPS) is 14.7. The van der Waals surface area contributed by atoms with Gasteiger partial charge >= 0.3 is 0 Å². The van der Waals surface area contributed by atoms with E-state index in [4.69, 9.17) is 0 Å². The first-order chi connectivity index (χ1) is 13.1. The van der Waals surface area contributed by atoms with E-state index in [0.29, 0.717) is 6.54 Å². The summed E-state index contributed by atoms with van der Waals surface area (Å²) in [7, 11) is 0. The van der Waals surface area contributed by atoms with Gasteiger partial charge < -0.3 is 5.32 Å². The van der Waals surface area contributed by atoms with Crippen LogP contribution in [0.1, 0.15) is 41.3 Å². The molecule has 0 radical (unpaired) electrons. The van der Waals surface area contributed by atoms with E-state index in [1.807, 2.05) is 6.92 Å². The van der Waals surface area contributed by atoms with Crippen molar-refractivity contribution in [2.45, 2.75) is 56.4 Å². The van der Waals surface area contributed by atoms with Crippen molar-refractivity contribution in [2.75, 3.05) is 0 Å². The first-order valence-electron chi connectivity index (χ1n) is 9.37.